The van der Waals surface area contributed by atoms with Crippen LogP contribution in [0.3, 0.4) is 0 Å². The largest absolute Gasteiger partial charge is 0.379 e. The standard InChI is InChI=1S/C20H13FN2O3S2/c21-16-4-1-5-18(11-16)28(24,25)26-17-8-6-14(7-9-17)19-13-23-20(27-19)15-3-2-10-22-12-15/h1-13H. The molecule has 0 amide bonds. The van der Waals surface area contributed by atoms with E-state index in [1.54, 1.807) is 42.9 Å². The van der Waals surface area contributed by atoms with Gasteiger partial charge < -0.3 is 4.18 Å². The Kier molecular flexibility index (Phi) is 4.89. The van der Waals surface area contributed by atoms with Crippen LogP contribution in [-0.4, -0.2) is 18.4 Å². The molecule has 140 valence electrons. The van der Waals surface area contributed by atoms with E-state index in [1.807, 2.05) is 12.1 Å². The second kappa shape index (κ2) is 7.49. The molecule has 0 saturated heterocycles. The average molecular weight is 412 g/mol. The monoisotopic (exact) mass is 412 g/mol. The number of pyridine rings is 1. The van der Waals surface area contributed by atoms with E-state index in [-0.39, 0.29) is 10.6 Å². The number of hydrogen-bond donors (Lipinski definition) is 0. The third-order valence-electron chi connectivity index (χ3n) is 3.84. The second-order valence-corrected chi connectivity index (χ2v) is 8.37. The molecule has 4 aromatic rings. The molecule has 0 bridgehead atoms. The van der Waals surface area contributed by atoms with Crippen LogP contribution in [0.1, 0.15) is 0 Å². The lowest BCUT2D eigenvalue weighted by Gasteiger charge is -2.07. The molecule has 0 aliphatic heterocycles. The SMILES string of the molecule is O=S(=O)(Oc1ccc(-c2cnc(-c3cccnc3)s2)cc1)c1cccc(F)c1. The van der Waals surface area contributed by atoms with Gasteiger partial charge in [-0.1, -0.05) is 6.07 Å². The summed E-state index contributed by atoms with van der Waals surface area (Å²) in [7, 11) is -4.10. The van der Waals surface area contributed by atoms with Crippen LogP contribution in [0.5, 0.6) is 5.75 Å². The van der Waals surface area contributed by atoms with E-state index in [9.17, 15) is 12.8 Å². The first-order valence-electron chi connectivity index (χ1n) is 8.18. The van der Waals surface area contributed by atoms with Crippen molar-refractivity contribution in [3.63, 3.8) is 0 Å². The van der Waals surface area contributed by atoms with Crippen LogP contribution in [0.4, 0.5) is 4.39 Å². The number of thiazole rings is 1. The average Bonchev–Trinajstić information content (AvgIpc) is 3.19. The van der Waals surface area contributed by atoms with Crippen molar-refractivity contribution in [1.29, 1.82) is 0 Å². The molecule has 5 nitrogen and oxygen atoms in total. The second-order valence-electron chi connectivity index (χ2n) is 5.79. The summed E-state index contributed by atoms with van der Waals surface area (Å²) in [5.41, 5.74) is 1.81. The van der Waals surface area contributed by atoms with Gasteiger partial charge in [0.05, 0.1) is 4.88 Å². The van der Waals surface area contributed by atoms with Crippen molar-refractivity contribution in [3.05, 3.63) is 85.1 Å². The Bertz CT molecular complexity index is 1210. The highest BCUT2D eigenvalue weighted by atomic mass is 32.2. The fourth-order valence-electron chi connectivity index (χ4n) is 2.50. The van der Waals surface area contributed by atoms with Crippen LogP contribution in [0.15, 0.2) is 84.1 Å². The predicted octanol–water partition coefficient (Wildman–Crippen LogP) is 4.78. The Balaban J connectivity index is 1.54. The molecule has 2 aromatic carbocycles. The van der Waals surface area contributed by atoms with Crippen LogP contribution in [-0.2, 0) is 10.1 Å². The number of hydrogen-bond acceptors (Lipinski definition) is 6. The highest BCUT2D eigenvalue weighted by Gasteiger charge is 2.17. The third kappa shape index (κ3) is 3.92. The minimum atomic E-state index is -4.10. The summed E-state index contributed by atoms with van der Waals surface area (Å²) in [4.78, 5) is 9.19. The van der Waals surface area contributed by atoms with Crippen LogP contribution in [0.2, 0.25) is 0 Å². The lowest BCUT2D eigenvalue weighted by molar-refractivity contribution is 0.485. The first-order valence-corrected chi connectivity index (χ1v) is 10.4. The molecule has 28 heavy (non-hydrogen) atoms. The summed E-state index contributed by atoms with van der Waals surface area (Å²) >= 11 is 1.50. The quantitative estimate of drug-likeness (QED) is 0.441. The Morgan fingerprint density at radius 1 is 0.929 bits per heavy atom. The van der Waals surface area contributed by atoms with Gasteiger partial charge in [-0.3, -0.25) is 4.98 Å². The van der Waals surface area contributed by atoms with E-state index in [0.717, 1.165) is 27.1 Å². The molecular formula is C20H13FN2O3S2. The highest BCUT2D eigenvalue weighted by molar-refractivity contribution is 7.87. The Morgan fingerprint density at radius 2 is 1.75 bits per heavy atom. The van der Waals surface area contributed by atoms with Crippen molar-refractivity contribution < 1.29 is 17.0 Å². The zero-order valence-corrected chi connectivity index (χ0v) is 16.0. The summed E-state index contributed by atoms with van der Waals surface area (Å²) in [5, 5.41) is 0.845. The predicted molar refractivity (Wildman–Crippen MR) is 105 cm³/mol. The minimum absolute atomic E-state index is 0.144. The first kappa shape index (κ1) is 18.3. The van der Waals surface area contributed by atoms with E-state index in [0.29, 0.717) is 0 Å². The van der Waals surface area contributed by atoms with Crippen molar-refractivity contribution in [3.8, 4) is 26.8 Å². The van der Waals surface area contributed by atoms with Gasteiger partial charge in [0.25, 0.3) is 0 Å². The summed E-state index contributed by atoms with van der Waals surface area (Å²) in [6.07, 6.45) is 5.21. The molecule has 0 spiro atoms. The number of nitrogens with zero attached hydrogens (tertiary/aromatic N) is 2. The molecule has 4 rings (SSSR count). The zero-order chi connectivity index (χ0) is 19.6. The fourth-order valence-corrected chi connectivity index (χ4v) is 4.38. The topological polar surface area (TPSA) is 69.2 Å². The van der Waals surface area contributed by atoms with Gasteiger partial charge in [0.1, 0.15) is 21.5 Å². The molecular weight excluding hydrogens is 399 g/mol. The molecule has 0 unspecified atom stereocenters. The maximum atomic E-state index is 13.3. The summed E-state index contributed by atoms with van der Waals surface area (Å²) in [5.74, 6) is -0.500. The zero-order valence-electron chi connectivity index (χ0n) is 14.3. The van der Waals surface area contributed by atoms with E-state index in [4.69, 9.17) is 4.18 Å². The molecule has 2 heterocycles. The van der Waals surface area contributed by atoms with Crippen molar-refractivity contribution in [2.75, 3.05) is 0 Å². The van der Waals surface area contributed by atoms with Crippen LogP contribution < -0.4 is 4.18 Å². The van der Waals surface area contributed by atoms with Crippen molar-refractivity contribution in [1.82, 2.24) is 9.97 Å². The van der Waals surface area contributed by atoms with Crippen molar-refractivity contribution >= 4 is 21.5 Å². The molecule has 0 N–H and O–H groups in total. The van der Waals surface area contributed by atoms with Crippen LogP contribution >= 0.6 is 11.3 Å². The fraction of sp³-hybridized carbons (Fsp3) is 0. The van der Waals surface area contributed by atoms with Crippen molar-refractivity contribution in [2.45, 2.75) is 4.90 Å². The normalized spacial score (nSPS) is 11.3. The maximum Gasteiger partial charge on any atom is 0.339 e. The van der Waals surface area contributed by atoms with E-state index < -0.39 is 15.9 Å². The van der Waals surface area contributed by atoms with Gasteiger partial charge in [-0.2, -0.15) is 8.42 Å². The number of halogens is 1. The summed E-state index contributed by atoms with van der Waals surface area (Å²) in [6, 6.07) is 15.1. The van der Waals surface area contributed by atoms with Crippen LogP contribution in [0.25, 0.3) is 21.0 Å². The van der Waals surface area contributed by atoms with Crippen LogP contribution in [0, 0.1) is 5.82 Å². The van der Waals surface area contributed by atoms with Gasteiger partial charge in [0.15, 0.2) is 0 Å². The van der Waals surface area contributed by atoms with Crippen molar-refractivity contribution in [2.24, 2.45) is 0 Å². The first-order chi connectivity index (χ1) is 13.5. The molecule has 2 aromatic heterocycles. The summed E-state index contributed by atoms with van der Waals surface area (Å²) in [6.45, 7) is 0. The molecule has 0 atom stereocenters. The van der Waals surface area contributed by atoms with Gasteiger partial charge in [0, 0.05) is 24.2 Å². The van der Waals surface area contributed by atoms with Gasteiger partial charge in [-0.25, -0.2) is 9.37 Å². The Labute approximate surface area is 165 Å². The van der Waals surface area contributed by atoms with Gasteiger partial charge in [-0.15, -0.1) is 11.3 Å². The maximum absolute atomic E-state index is 13.3. The highest BCUT2D eigenvalue weighted by Crippen LogP contribution is 2.32. The third-order valence-corrected chi connectivity index (χ3v) is 6.18. The molecule has 0 aliphatic rings. The Hall–Kier alpha value is -3.10. The van der Waals surface area contributed by atoms with E-state index in [1.165, 1.54) is 29.5 Å². The minimum Gasteiger partial charge on any atom is -0.379 e. The lowest BCUT2D eigenvalue weighted by Crippen LogP contribution is -2.09. The van der Waals surface area contributed by atoms with Gasteiger partial charge >= 0.3 is 10.1 Å². The Morgan fingerprint density at radius 3 is 2.46 bits per heavy atom. The lowest BCUT2D eigenvalue weighted by atomic mass is 10.2. The van der Waals surface area contributed by atoms with Gasteiger partial charge in [0.2, 0.25) is 0 Å². The smallest absolute Gasteiger partial charge is 0.339 e. The molecule has 8 heteroatoms. The number of rotatable bonds is 5. The number of benzene rings is 2. The van der Waals surface area contributed by atoms with E-state index >= 15 is 0 Å². The molecule has 0 fully saturated rings. The van der Waals surface area contributed by atoms with Gasteiger partial charge in [-0.05, 0) is 60.2 Å². The number of aromatic nitrogens is 2. The molecule has 0 saturated carbocycles. The van der Waals surface area contributed by atoms with E-state index in [2.05, 4.69) is 9.97 Å². The molecule has 0 radical (unpaired) electrons. The molecule has 0 aliphatic carbocycles. The summed E-state index contributed by atoms with van der Waals surface area (Å²) < 4.78 is 42.9.